The van der Waals surface area contributed by atoms with Gasteiger partial charge in [0.1, 0.15) is 34.2 Å². The third kappa shape index (κ3) is 17.0. The van der Waals surface area contributed by atoms with Crippen molar-refractivity contribution in [3.8, 4) is 23.0 Å². The van der Waals surface area contributed by atoms with Crippen molar-refractivity contribution >= 4 is 6.16 Å². The number of carbonyl (C=O) groups excluding carboxylic acids is 1. The van der Waals surface area contributed by atoms with Gasteiger partial charge < -0.3 is 33.2 Å². The van der Waals surface area contributed by atoms with Gasteiger partial charge >= 0.3 is 6.16 Å². The second-order valence-electron chi connectivity index (χ2n) is 26.2. The number of benzene rings is 4. The Morgan fingerprint density at radius 1 is 0.519 bits per heavy atom. The minimum atomic E-state index is -0.647. The molecule has 0 aromatic heterocycles. The number of ether oxygens (including phenoxy) is 7. The molecule has 5 aliphatic rings. The van der Waals surface area contributed by atoms with Crippen LogP contribution in [0.25, 0.3) is 0 Å². The summed E-state index contributed by atoms with van der Waals surface area (Å²) in [4.78, 5) is 11.6. The van der Waals surface area contributed by atoms with E-state index >= 15 is 0 Å². The van der Waals surface area contributed by atoms with Crippen molar-refractivity contribution in [1.82, 2.24) is 0 Å². The van der Waals surface area contributed by atoms with Gasteiger partial charge in [-0.25, -0.2) is 4.79 Å². The van der Waals surface area contributed by atoms with Crippen molar-refractivity contribution in [1.29, 1.82) is 0 Å². The van der Waals surface area contributed by atoms with Crippen LogP contribution in [0, 0.1) is 35.5 Å². The zero-order valence-electron chi connectivity index (χ0n) is 51.3. The molecule has 0 aliphatic heterocycles. The van der Waals surface area contributed by atoms with Crippen molar-refractivity contribution in [2.75, 3.05) is 7.11 Å². The summed E-state index contributed by atoms with van der Waals surface area (Å²) >= 11 is 0. The van der Waals surface area contributed by atoms with Gasteiger partial charge in [-0.1, -0.05) is 134 Å². The van der Waals surface area contributed by atoms with E-state index in [1.807, 2.05) is 32.9 Å². The predicted octanol–water partition coefficient (Wildman–Crippen LogP) is 18.5. The molecule has 1 saturated carbocycles. The lowest BCUT2D eigenvalue weighted by Gasteiger charge is -2.30. The molecule has 0 heterocycles. The first kappa shape index (κ1) is 61.7. The molecule has 10 unspecified atom stereocenters. The van der Waals surface area contributed by atoms with Crippen LogP contribution < -0.4 is 18.9 Å². The molecule has 4 aromatic rings. The standard InChI is InChI=1S/C21H32O2.C16H22O3.C16H24O2.C16H24O/c1-14(2)21(22-18-8-6-5-7-9-18)23-19-10-11-20-16(4)15(3)12-17(20)13-19;1-10-8-12-9-13(6-7-14(12)11(10)2)18-15(17)19-16(3,4)5;1-10(2)16(17-5)18-14-7-6-13-8-11(3)12(4)15(13)9-14;1-6-16(4,5)17-14-7-8-15-12(3)11(2)9-13(15)10-14/h10-11,13-16,18,21H,5-9,12H2,1-4H3;6-7,9-11H,8H2,1-5H3;6-7,9-12,16H,8H2,1-5H3;7-8,10-12H,6,9H2,1-5H3. The highest BCUT2D eigenvalue weighted by molar-refractivity contribution is 5.64. The summed E-state index contributed by atoms with van der Waals surface area (Å²) in [5.74, 6) is 9.64. The van der Waals surface area contributed by atoms with E-state index in [2.05, 4.69) is 165 Å². The molecule has 9 rings (SSSR count). The molecule has 5 aliphatic carbocycles. The predicted molar refractivity (Wildman–Crippen MR) is 316 cm³/mol. The smallest absolute Gasteiger partial charge is 0.488 e. The topological polar surface area (TPSA) is 81.7 Å². The maximum absolute atomic E-state index is 11.6. The minimum Gasteiger partial charge on any atom is -0.488 e. The van der Waals surface area contributed by atoms with Crippen LogP contribution >= 0.6 is 0 Å². The van der Waals surface area contributed by atoms with E-state index in [1.165, 1.54) is 95.9 Å². The Morgan fingerprint density at radius 3 is 1.42 bits per heavy atom. The molecular weight excluding hydrogens is 957 g/mol. The second-order valence-corrected chi connectivity index (χ2v) is 26.2. The largest absolute Gasteiger partial charge is 0.514 e. The Labute approximate surface area is 467 Å². The van der Waals surface area contributed by atoms with Crippen LogP contribution in [0.4, 0.5) is 4.79 Å². The lowest BCUT2D eigenvalue weighted by Crippen LogP contribution is -2.32. The van der Waals surface area contributed by atoms with E-state index in [0.717, 1.165) is 47.8 Å². The number of methoxy groups -OCH3 is 1. The molecule has 426 valence electrons. The van der Waals surface area contributed by atoms with Gasteiger partial charge in [-0.05, 0) is 220 Å². The fraction of sp³-hybridized carbons (Fsp3) is 0.638. The summed E-state index contributed by atoms with van der Waals surface area (Å²) in [7, 11) is 1.70. The summed E-state index contributed by atoms with van der Waals surface area (Å²) < 4.78 is 40.2. The molecule has 1 fully saturated rings. The average Bonchev–Trinajstić information content (AvgIpc) is 4.05. The number of hydrogen-bond acceptors (Lipinski definition) is 8. The Kier molecular flexibility index (Phi) is 21.7. The number of hydrogen-bond donors (Lipinski definition) is 0. The Morgan fingerprint density at radius 2 is 0.935 bits per heavy atom. The van der Waals surface area contributed by atoms with Crippen LogP contribution in [-0.2, 0) is 39.9 Å². The normalized spacial score (nSPS) is 24.1. The van der Waals surface area contributed by atoms with Crippen LogP contribution in [0.2, 0.25) is 0 Å². The number of carbonyl (C=O) groups is 1. The van der Waals surface area contributed by atoms with E-state index < -0.39 is 11.8 Å². The molecule has 8 heteroatoms. The van der Waals surface area contributed by atoms with Gasteiger partial charge in [-0.3, -0.25) is 0 Å². The fourth-order valence-electron chi connectivity index (χ4n) is 11.6. The van der Waals surface area contributed by atoms with E-state index in [-0.39, 0.29) is 18.2 Å². The van der Waals surface area contributed by atoms with Crippen molar-refractivity contribution in [2.24, 2.45) is 35.5 Å². The Balaban J connectivity index is 0.000000167. The van der Waals surface area contributed by atoms with Crippen LogP contribution in [0.3, 0.4) is 0 Å². The van der Waals surface area contributed by atoms with Gasteiger partial charge in [0.15, 0.2) is 0 Å². The summed E-state index contributed by atoms with van der Waals surface area (Å²) in [5.41, 5.74) is 10.9. The molecule has 10 atom stereocenters. The Hall–Kier alpha value is -4.53. The average molecular weight is 1060 g/mol. The van der Waals surface area contributed by atoms with Gasteiger partial charge in [-0.2, -0.15) is 0 Å². The van der Waals surface area contributed by atoms with E-state index in [4.69, 9.17) is 33.2 Å². The third-order valence-corrected chi connectivity index (χ3v) is 17.5. The molecule has 0 radical (unpaired) electrons. The maximum atomic E-state index is 11.6. The highest BCUT2D eigenvalue weighted by Crippen LogP contribution is 2.43. The van der Waals surface area contributed by atoms with Crippen molar-refractivity contribution in [3.05, 3.63) is 117 Å². The lowest BCUT2D eigenvalue weighted by atomic mass is 9.96. The van der Waals surface area contributed by atoms with Gasteiger partial charge in [0, 0.05) is 18.9 Å². The fourth-order valence-corrected chi connectivity index (χ4v) is 11.6. The lowest BCUT2D eigenvalue weighted by molar-refractivity contribution is -0.150. The zero-order chi connectivity index (χ0) is 56.5. The molecule has 77 heavy (non-hydrogen) atoms. The summed E-state index contributed by atoms with van der Waals surface area (Å²) in [6, 6.07) is 25.6. The van der Waals surface area contributed by atoms with E-state index in [0.29, 0.717) is 53.3 Å². The van der Waals surface area contributed by atoms with Gasteiger partial charge in [0.2, 0.25) is 12.6 Å². The first-order chi connectivity index (χ1) is 36.3. The first-order valence-corrected chi connectivity index (χ1v) is 29.9. The van der Waals surface area contributed by atoms with E-state index in [1.54, 1.807) is 7.11 Å². The SMILES string of the molecule is CC(C)C(Oc1ccc2c(c1)CC(C)C2C)OC1CCCCC1.CC1Cc2cc(OC(=O)OC(C)(C)C)ccc2C1C.CCC(C)(C)Oc1ccc2c(c1)CC(C)C2C.COC(Oc1ccc2c(c1)C(C)C(C)C2)C(C)C. The number of rotatable bonds is 13. The zero-order valence-corrected chi connectivity index (χ0v) is 51.3. The monoisotopic (exact) mass is 1060 g/mol. The van der Waals surface area contributed by atoms with Crippen molar-refractivity contribution in [3.63, 3.8) is 0 Å². The molecule has 0 saturated heterocycles. The van der Waals surface area contributed by atoms with Crippen LogP contribution in [0.5, 0.6) is 23.0 Å². The van der Waals surface area contributed by atoms with Gasteiger partial charge in [0.05, 0.1) is 6.10 Å². The number of fused-ring (bicyclic) bond motifs is 4. The molecule has 0 N–H and O–H groups in total. The third-order valence-electron chi connectivity index (χ3n) is 17.5. The molecule has 8 nitrogen and oxygen atoms in total. The maximum Gasteiger partial charge on any atom is 0.514 e. The van der Waals surface area contributed by atoms with Crippen LogP contribution in [0.15, 0.2) is 72.8 Å². The summed E-state index contributed by atoms with van der Waals surface area (Å²) in [6.45, 7) is 38.9. The summed E-state index contributed by atoms with van der Waals surface area (Å²) in [6.07, 6.45) is 11.4. The molecule has 0 bridgehead atoms. The highest BCUT2D eigenvalue weighted by atomic mass is 16.7. The molecule has 0 spiro atoms. The quantitative estimate of drug-likeness (QED) is 0.0744. The second kappa shape index (κ2) is 27.1. The minimum absolute atomic E-state index is 0.0654. The van der Waals surface area contributed by atoms with Crippen LogP contribution in [0.1, 0.15) is 231 Å². The van der Waals surface area contributed by atoms with Crippen LogP contribution in [-0.4, -0.2) is 43.2 Å². The molecular formula is C69H102O8. The van der Waals surface area contributed by atoms with Gasteiger partial charge in [0.25, 0.3) is 0 Å². The van der Waals surface area contributed by atoms with E-state index in [9.17, 15) is 4.79 Å². The molecule has 4 aromatic carbocycles. The highest BCUT2D eigenvalue weighted by Gasteiger charge is 2.31. The summed E-state index contributed by atoms with van der Waals surface area (Å²) in [5, 5.41) is 0. The van der Waals surface area contributed by atoms with Crippen molar-refractivity contribution < 1.29 is 38.0 Å². The first-order valence-electron chi connectivity index (χ1n) is 29.9. The van der Waals surface area contributed by atoms with Gasteiger partial charge in [-0.15, -0.1) is 0 Å². The Bertz CT molecular complexity index is 2510. The molecule has 0 amide bonds. The van der Waals surface area contributed by atoms with Crippen molar-refractivity contribution in [2.45, 2.75) is 242 Å².